The van der Waals surface area contributed by atoms with Crippen molar-refractivity contribution in [1.29, 1.82) is 0 Å². The Labute approximate surface area is 126 Å². The average molecular weight is 301 g/mol. The second-order valence-electron chi connectivity index (χ2n) is 6.40. The molecule has 2 fully saturated rings. The molecule has 20 heavy (non-hydrogen) atoms. The smallest absolute Gasteiger partial charge is 0.0691 e. The molecule has 1 saturated heterocycles. The van der Waals surface area contributed by atoms with Gasteiger partial charge in [-0.15, -0.1) is 0 Å². The maximum atomic E-state index is 13.0. The maximum absolute atomic E-state index is 13.0. The van der Waals surface area contributed by atoms with Crippen LogP contribution >= 0.6 is 0 Å². The fraction of sp³-hybridized carbons (Fsp3) is 1.00. The fourth-order valence-corrected chi connectivity index (χ4v) is 6.13. The summed E-state index contributed by atoms with van der Waals surface area (Å²) in [5.74, 6) is 0.779. The highest BCUT2D eigenvalue weighted by Gasteiger charge is 2.40. The lowest BCUT2D eigenvalue weighted by molar-refractivity contribution is 0.126. The first-order chi connectivity index (χ1) is 9.67. The molecule has 0 spiro atoms. The summed E-state index contributed by atoms with van der Waals surface area (Å²) in [5.41, 5.74) is 0. The van der Waals surface area contributed by atoms with Gasteiger partial charge in [0.2, 0.25) is 0 Å². The molecule has 6 unspecified atom stereocenters. The summed E-state index contributed by atoms with van der Waals surface area (Å²) in [7, 11) is -0.755. The molecular formula is C16H31NO2S. The second-order valence-corrected chi connectivity index (χ2v) is 8.27. The summed E-state index contributed by atoms with van der Waals surface area (Å²) in [6.07, 6.45) is 7.32. The highest BCUT2D eigenvalue weighted by atomic mass is 32.2. The lowest BCUT2D eigenvalue weighted by Gasteiger charge is -2.37. The van der Waals surface area contributed by atoms with E-state index in [0.717, 1.165) is 31.9 Å². The summed E-state index contributed by atoms with van der Waals surface area (Å²) in [5, 5.41) is 4.16. The van der Waals surface area contributed by atoms with Gasteiger partial charge in [0, 0.05) is 23.4 Å². The molecule has 0 aromatic rings. The van der Waals surface area contributed by atoms with E-state index in [0.29, 0.717) is 11.3 Å². The van der Waals surface area contributed by atoms with E-state index in [1.807, 2.05) is 0 Å². The normalized spacial score (nSPS) is 39.9. The molecule has 0 bridgehead atoms. The Morgan fingerprint density at radius 1 is 1.20 bits per heavy atom. The number of hydrogen-bond acceptors (Lipinski definition) is 3. The number of rotatable bonds is 6. The van der Waals surface area contributed by atoms with Crippen molar-refractivity contribution in [2.45, 2.75) is 81.9 Å². The third kappa shape index (κ3) is 3.83. The molecule has 1 aliphatic heterocycles. The largest absolute Gasteiger partial charge is 0.377 e. The molecule has 0 radical (unpaired) electrons. The minimum absolute atomic E-state index is 0.171. The maximum Gasteiger partial charge on any atom is 0.0691 e. The minimum Gasteiger partial charge on any atom is -0.377 e. The zero-order chi connectivity index (χ0) is 14.5. The SMILES string of the molecule is CCCC1CCC(NCC)C(S(=O)C2CCOC2C)C1. The standard InChI is InChI=1S/C16H31NO2S/c1-4-6-13-7-8-14(17-5-2)16(11-13)20(18)15-9-10-19-12(15)3/h12-17H,4-11H2,1-3H3. The molecule has 4 heteroatoms. The van der Waals surface area contributed by atoms with Crippen LogP contribution in [0.4, 0.5) is 0 Å². The van der Waals surface area contributed by atoms with Crippen molar-refractivity contribution >= 4 is 10.8 Å². The van der Waals surface area contributed by atoms with E-state index in [9.17, 15) is 4.21 Å². The summed E-state index contributed by atoms with van der Waals surface area (Å²) < 4.78 is 18.7. The lowest BCUT2D eigenvalue weighted by atomic mass is 9.83. The van der Waals surface area contributed by atoms with Gasteiger partial charge in [-0.2, -0.15) is 0 Å². The zero-order valence-corrected chi connectivity index (χ0v) is 14.1. The molecule has 1 aliphatic carbocycles. The van der Waals surface area contributed by atoms with Gasteiger partial charge >= 0.3 is 0 Å². The van der Waals surface area contributed by atoms with Crippen LogP contribution in [0.3, 0.4) is 0 Å². The molecular weight excluding hydrogens is 270 g/mol. The minimum atomic E-state index is -0.755. The monoisotopic (exact) mass is 301 g/mol. The van der Waals surface area contributed by atoms with Gasteiger partial charge in [-0.3, -0.25) is 4.21 Å². The zero-order valence-electron chi connectivity index (χ0n) is 13.3. The Kier molecular flexibility index (Phi) is 6.50. The van der Waals surface area contributed by atoms with Crippen molar-refractivity contribution < 1.29 is 8.95 Å². The molecule has 118 valence electrons. The number of ether oxygens (including phenoxy) is 1. The van der Waals surface area contributed by atoms with E-state index >= 15 is 0 Å². The third-order valence-electron chi connectivity index (χ3n) is 4.97. The van der Waals surface area contributed by atoms with Crippen molar-refractivity contribution in [2.75, 3.05) is 13.2 Å². The fourth-order valence-electron chi connectivity index (χ4n) is 3.88. The van der Waals surface area contributed by atoms with Crippen molar-refractivity contribution in [2.24, 2.45) is 5.92 Å². The van der Waals surface area contributed by atoms with Crippen LogP contribution in [0, 0.1) is 5.92 Å². The third-order valence-corrected chi connectivity index (χ3v) is 7.30. The molecule has 0 aromatic carbocycles. The predicted molar refractivity (Wildman–Crippen MR) is 85.5 cm³/mol. The quantitative estimate of drug-likeness (QED) is 0.820. The van der Waals surface area contributed by atoms with Gasteiger partial charge in [0.05, 0.1) is 16.6 Å². The van der Waals surface area contributed by atoms with Crippen LogP contribution < -0.4 is 5.32 Å². The van der Waals surface area contributed by atoms with Gasteiger partial charge in [-0.1, -0.05) is 26.7 Å². The van der Waals surface area contributed by atoms with Crippen molar-refractivity contribution in [1.82, 2.24) is 5.32 Å². The topological polar surface area (TPSA) is 38.3 Å². The molecule has 0 aromatic heterocycles. The molecule has 2 aliphatic rings. The van der Waals surface area contributed by atoms with E-state index in [1.54, 1.807) is 0 Å². The molecule has 1 heterocycles. The van der Waals surface area contributed by atoms with E-state index in [4.69, 9.17) is 4.74 Å². The van der Waals surface area contributed by atoms with Gasteiger partial charge in [-0.05, 0) is 45.1 Å². The summed E-state index contributed by atoms with van der Waals surface area (Å²) in [6.45, 7) is 8.26. The molecule has 6 atom stereocenters. The molecule has 1 saturated carbocycles. The van der Waals surface area contributed by atoms with Gasteiger partial charge < -0.3 is 10.1 Å². The van der Waals surface area contributed by atoms with Gasteiger partial charge in [0.1, 0.15) is 0 Å². The first-order valence-corrected chi connectivity index (χ1v) is 9.69. The van der Waals surface area contributed by atoms with Crippen LogP contribution in [0.1, 0.15) is 59.3 Å². The Morgan fingerprint density at radius 3 is 2.60 bits per heavy atom. The van der Waals surface area contributed by atoms with Gasteiger partial charge in [-0.25, -0.2) is 0 Å². The Hall–Kier alpha value is 0.0700. The highest BCUT2D eigenvalue weighted by molar-refractivity contribution is 7.86. The highest BCUT2D eigenvalue weighted by Crippen LogP contribution is 2.34. The number of nitrogens with one attached hydrogen (secondary N) is 1. The summed E-state index contributed by atoms with van der Waals surface area (Å²) in [4.78, 5) is 0. The molecule has 1 N–H and O–H groups in total. The lowest BCUT2D eigenvalue weighted by Crippen LogP contribution is -2.49. The predicted octanol–water partition coefficient (Wildman–Crippen LogP) is 2.86. The van der Waals surface area contributed by atoms with Crippen molar-refractivity contribution in [3.63, 3.8) is 0 Å². The van der Waals surface area contributed by atoms with Crippen LogP contribution in [0.5, 0.6) is 0 Å². The Morgan fingerprint density at radius 2 is 2.00 bits per heavy atom. The first kappa shape index (κ1) is 16.4. The van der Waals surface area contributed by atoms with Gasteiger partial charge in [0.25, 0.3) is 0 Å². The first-order valence-electron chi connectivity index (χ1n) is 8.41. The van der Waals surface area contributed by atoms with Crippen molar-refractivity contribution in [3.05, 3.63) is 0 Å². The van der Waals surface area contributed by atoms with Crippen LogP contribution in [-0.2, 0) is 15.5 Å². The summed E-state index contributed by atoms with van der Waals surface area (Å²) >= 11 is 0. The molecule has 3 nitrogen and oxygen atoms in total. The average Bonchev–Trinajstić information content (AvgIpc) is 2.86. The van der Waals surface area contributed by atoms with Crippen LogP contribution in [0.15, 0.2) is 0 Å². The second kappa shape index (κ2) is 7.90. The van der Waals surface area contributed by atoms with Crippen molar-refractivity contribution in [3.8, 4) is 0 Å². The van der Waals surface area contributed by atoms with Crippen LogP contribution in [-0.4, -0.2) is 40.0 Å². The molecule has 2 rings (SSSR count). The van der Waals surface area contributed by atoms with E-state index < -0.39 is 10.8 Å². The van der Waals surface area contributed by atoms with Crippen LogP contribution in [0.2, 0.25) is 0 Å². The van der Waals surface area contributed by atoms with E-state index in [-0.39, 0.29) is 11.4 Å². The van der Waals surface area contributed by atoms with Gasteiger partial charge in [0.15, 0.2) is 0 Å². The van der Waals surface area contributed by atoms with E-state index in [2.05, 4.69) is 26.1 Å². The molecule has 0 amide bonds. The number of hydrogen-bond donors (Lipinski definition) is 1. The Bertz CT molecular complexity index is 324. The Balaban J connectivity index is 2.03. The van der Waals surface area contributed by atoms with Crippen LogP contribution in [0.25, 0.3) is 0 Å². The van der Waals surface area contributed by atoms with E-state index in [1.165, 1.54) is 25.7 Å². The summed E-state index contributed by atoms with van der Waals surface area (Å²) in [6, 6.07) is 0.446.